The molecule has 0 fully saturated rings. The molecule has 144 valence electrons. The number of rotatable bonds is 9. The summed E-state index contributed by atoms with van der Waals surface area (Å²) in [6.07, 6.45) is 3.75. The van der Waals surface area contributed by atoms with Crippen LogP contribution in [0.2, 0.25) is 19.0 Å². The maximum Gasteiger partial charge on any atom is 0.141 e. The van der Waals surface area contributed by atoms with E-state index in [1.54, 1.807) is 0 Å². The van der Waals surface area contributed by atoms with Crippen LogP contribution in [0.15, 0.2) is 91.0 Å². The minimum Gasteiger partial charge on any atom is -0.0674 e. The van der Waals surface area contributed by atoms with Crippen molar-refractivity contribution in [3.8, 4) is 0 Å². The van der Waals surface area contributed by atoms with Crippen molar-refractivity contribution >= 4 is 6.71 Å². The normalized spacial score (nSPS) is 14.2. The van der Waals surface area contributed by atoms with Gasteiger partial charge in [0.15, 0.2) is 0 Å². The summed E-state index contributed by atoms with van der Waals surface area (Å²) < 4.78 is 0. The molecular formula is C27H33B. The van der Waals surface area contributed by atoms with Crippen LogP contribution in [-0.4, -0.2) is 6.71 Å². The van der Waals surface area contributed by atoms with Gasteiger partial charge in [-0.15, -0.1) is 0 Å². The summed E-state index contributed by atoms with van der Waals surface area (Å²) in [5, 5.41) is 0. The van der Waals surface area contributed by atoms with Gasteiger partial charge < -0.3 is 0 Å². The summed E-state index contributed by atoms with van der Waals surface area (Å²) in [5.74, 6) is 1.78. The average molecular weight is 368 g/mol. The van der Waals surface area contributed by atoms with Crippen molar-refractivity contribution < 1.29 is 0 Å². The Morgan fingerprint density at radius 1 is 0.464 bits per heavy atom. The Labute approximate surface area is 172 Å². The monoisotopic (exact) mass is 368 g/mol. The molecule has 0 N–H and O–H groups in total. The minimum absolute atomic E-state index is 0.595. The first-order chi connectivity index (χ1) is 13.6. The quantitative estimate of drug-likeness (QED) is 0.337. The van der Waals surface area contributed by atoms with E-state index in [4.69, 9.17) is 0 Å². The summed E-state index contributed by atoms with van der Waals surface area (Å²) in [5.41, 5.74) is 4.40. The lowest BCUT2D eigenvalue weighted by Crippen LogP contribution is -2.20. The Hall–Kier alpha value is -2.28. The highest BCUT2D eigenvalue weighted by atomic mass is 14.1. The van der Waals surface area contributed by atoms with E-state index in [9.17, 15) is 0 Å². The lowest BCUT2D eigenvalue weighted by molar-refractivity contribution is 0.777. The lowest BCUT2D eigenvalue weighted by Gasteiger charge is -2.25. The van der Waals surface area contributed by atoms with Crippen molar-refractivity contribution in [3.63, 3.8) is 0 Å². The summed E-state index contributed by atoms with van der Waals surface area (Å²) in [6.45, 7) is 7.88. The number of benzene rings is 3. The molecule has 0 radical (unpaired) electrons. The molecule has 0 amide bonds. The van der Waals surface area contributed by atoms with Crippen LogP contribution in [0.1, 0.15) is 55.2 Å². The van der Waals surface area contributed by atoms with Gasteiger partial charge in [-0.3, -0.25) is 0 Å². The van der Waals surface area contributed by atoms with Crippen LogP contribution in [0.5, 0.6) is 0 Å². The van der Waals surface area contributed by atoms with Crippen molar-refractivity contribution in [2.75, 3.05) is 0 Å². The Balaban J connectivity index is 1.73. The maximum atomic E-state index is 2.39. The molecule has 28 heavy (non-hydrogen) atoms. The highest BCUT2D eigenvalue weighted by Crippen LogP contribution is 2.33. The molecule has 0 nitrogen and oxygen atoms in total. The van der Waals surface area contributed by atoms with Gasteiger partial charge in [-0.2, -0.15) is 0 Å². The maximum absolute atomic E-state index is 2.39. The molecule has 0 saturated heterocycles. The van der Waals surface area contributed by atoms with E-state index in [1.807, 2.05) is 0 Å². The molecule has 3 rings (SSSR count). The van der Waals surface area contributed by atoms with Crippen LogP contribution in [0, 0.1) is 0 Å². The van der Waals surface area contributed by atoms with Gasteiger partial charge in [-0.25, -0.2) is 0 Å². The fourth-order valence-electron chi connectivity index (χ4n) is 4.54. The Morgan fingerprint density at radius 3 is 0.964 bits per heavy atom. The molecule has 3 unspecified atom stereocenters. The minimum atomic E-state index is 0.595. The van der Waals surface area contributed by atoms with Gasteiger partial charge >= 0.3 is 0 Å². The highest BCUT2D eigenvalue weighted by molar-refractivity contribution is 6.59. The lowest BCUT2D eigenvalue weighted by atomic mass is 9.37. The van der Waals surface area contributed by atoms with Crippen LogP contribution in [0.25, 0.3) is 0 Å². The molecule has 0 aliphatic carbocycles. The first kappa shape index (κ1) is 20.5. The van der Waals surface area contributed by atoms with Crippen LogP contribution < -0.4 is 0 Å². The molecule has 0 saturated carbocycles. The zero-order valence-corrected chi connectivity index (χ0v) is 17.6. The molecule has 0 heterocycles. The van der Waals surface area contributed by atoms with E-state index in [2.05, 4.69) is 112 Å². The standard InChI is InChI=1S/C27H33B/c1-22(25-13-7-4-8-14-25)19-28(20-23(2)26-15-9-5-10-16-26)21-24(3)27-17-11-6-12-18-27/h4-18,22-24H,19-21H2,1-3H3. The molecule has 3 atom stereocenters. The Morgan fingerprint density at radius 2 is 0.714 bits per heavy atom. The third kappa shape index (κ3) is 5.86. The molecule has 3 aromatic carbocycles. The van der Waals surface area contributed by atoms with Crippen molar-refractivity contribution in [1.29, 1.82) is 0 Å². The van der Waals surface area contributed by atoms with Crippen molar-refractivity contribution in [1.82, 2.24) is 0 Å². The van der Waals surface area contributed by atoms with Gasteiger partial charge in [-0.1, -0.05) is 131 Å². The van der Waals surface area contributed by atoms with E-state index >= 15 is 0 Å². The predicted octanol–water partition coefficient (Wildman–Crippen LogP) is 7.89. The molecule has 0 aromatic heterocycles. The van der Waals surface area contributed by atoms with E-state index in [-0.39, 0.29) is 0 Å². The van der Waals surface area contributed by atoms with Crippen molar-refractivity contribution in [2.45, 2.75) is 57.5 Å². The molecule has 0 aliphatic heterocycles. The van der Waals surface area contributed by atoms with Gasteiger partial charge in [0.2, 0.25) is 0 Å². The van der Waals surface area contributed by atoms with Crippen LogP contribution in [0.4, 0.5) is 0 Å². The summed E-state index contributed by atoms with van der Waals surface area (Å²) in [4.78, 5) is 0. The van der Waals surface area contributed by atoms with Gasteiger partial charge in [0, 0.05) is 0 Å². The molecule has 0 spiro atoms. The third-order valence-corrected chi connectivity index (χ3v) is 6.17. The molecule has 3 aromatic rings. The Bertz CT molecular complexity index is 685. The second kappa shape index (κ2) is 10.3. The van der Waals surface area contributed by atoms with Crippen molar-refractivity contribution in [3.05, 3.63) is 108 Å². The zero-order valence-electron chi connectivity index (χ0n) is 17.6. The van der Waals surface area contributed by atoms with E-state index in [0.29, 0.717) is 24.5 Å². The largest absolute Gasteiger partial charge is 0.141 e. The fraction of sp³-hybridized carbons (Fsp3) is 0.333. The van der Waals surface area contributed by atoms with Crippen LogP contribution in [0.3, 0.4) is 0 Å². The van der Waals surface area contributed by atoms with Gasteiger partial charge in [-0.05, 0) is 34.4 Å². The molecule has 0 aliphatic rings. The molecule has 0 bridgehead atoms. The highest BCUT2D eigenvalue weighted by Gasteiger charge is 2.24. The van der Waals surface area contributed by atoms with Gasteiger partial charge in [0.25, 0.3) is 0 Å². The summed E-state index contributed by atoms with van der Waals surface area (Å²) >= 11 is 0. The molecule has 1 heteroatoms. The third-order valence-electron chi connectivity index (χ3n) is 6.17. The molecular weight excluding hydrogens is 335 g/mol. The van der Waals surface area contributed by atoms with Gasteiger partial charge in [0.05, 0.1) is 0 Å². The first-order valence-electron chi connectivity index (χ1n) is 10.8. The number of hydrogen-bond acceptors (Lipinski definition) is 0. The SMILES string of the molecule is CC(CB(CC(C)c1ccccc1)CC(C)c1ccccc1)c1ccccc1. The number of hydrogen-bond donors (Lipinski definition) is 0. The fourth-order valence-corrected chi connectivity index (χ4v) is 4.54. The summed E-state index contributed by atoms with van der Waals surface area (Å²) in [7, 11) is 0. The van der Waals surface area contributed by atoms with E-state index in [1.165, 1.54) is 35.7 Å². The second-order valence-electron chi connectivity index (χ2n) is 8.51. The van der Waals surface area contributed by atoms with E-state index in [0.717, 1.165) is 0 Å². The second-order valence-corrected chi connectivity index (χ2v) is 8.51. The van der Waals surface area contributed by atoms with Crippen LogP contribution in [-0.2, 0) is 0 Å². The predicted molar refractivity (Wildman–Crippen MR) is 125 cm³/mol. The van der Waals surface area contributed by atoms with Crippen molar-refractivity contribution in [2.24, 2.45) is 0 Å². The van der Waals surface area contributed by atoms with Crippen LogP contribution >= 0.6 is 0 Å². The zero-order chi connectivity index (χ0) is 19.8. The average Bonchev–Trinajstić information content (AvgIpc) is 2.75. The summed E-state index contributed by atoms with van der Waals surface area (Å²) in [6, 6.07) is 33.0. The topological polar surface area (TPSA) is 0 Å². The first-order valence-corrected chi connectivity index (χ1v) is 10.8. The van der Waals surface area contributed by atoms with E-state index < -0.39 is 0 Å². The Kier molecular flexibility index (Phi) is 7.54. The van der Waals surface area contributed by atoms with Gasteiger partial charge in [0.1, 0.15) is 6.71 Å². The smallest absolute Gasteiger partial charge is 0.0674 e.